The van der Waals surface area contributed by atoms with E-state index in [0.29, 0.717) is 4.83 Å². The summed E-state index contributed by atoms with van der Waals surface area (Å²) in [7, 11) is 0. The first-order valence-corrected chi connectivity index (χ1v) is 8.64. The van der Waals surface area contributed by atoms with E-state index >= 15 is 0 Å². The summed E-state index contributed by atoms with van der Waals surface area (Å²) in [6.45, 7) is 0. The standard InChI is InChI=1S/C13H16Br2S/c14-11(12-3-4-13(15)16-12)7-10-6-8-1-2-9(10)5-8/h3-4,8-11H,1-2,5-7H2. The van der Waals surface area contributed by atoms with Crippen molar-refractivity contribution in [1.29, 1.82) is 0 Å². The number of hydrogen-bond donors (Lipinski definition) is 0. The van der Waals surface area contributed by atoms with E-state index < -0.39 is 0 Å². The molecule has 1 aromatic heterocycles. The highest BCUT2D eigenvalue weighted by Gasteiger charge is 2.40. The lowest BCUT2D eigenvalue weighted by atomic mass is 9.85. The SMILES string of the molecule is Brc1ccc(C(Br)CC2CC3CCC2C3)s1. The zero-order valence-corrected chi connectivity index (χ0v) is 13.2. The lowest BCUT2D eigenvalue weighted by Crippen LogP contribution is -2.11. The first-order valence-electron chi connectivity index (χ1n) is 6.11. The molecule has 0 nitrogen and oxygen atoms in total. The Kier molecular flexibility index (Phi) is 3.47. The molecule has 2 aliphatic rings. The van der Waals surface area contributed by atoms with Gasteiger partial charge in [0.1, 0.15) is 0 Å². The normalized spacial score (nSPS) is 34.5. The van der Waals surface area contributed by atoms with Crippen LogP contribution in [0.15, 0.2) is 15.9 Å². The van der Waals surface area contributed by atoms with Crippen molar-refractivity contribution in [3.8, 4) is 0 Å². The first-order chi connectivity index (χ1) is 7.72. The van der Waals surface area contributed by atoms with E-state index in [2.05, 4.69) is 44.0 Å². The average Bonchev–Trinajstić information content (AvgIpc) is 2.92. The Morgan fingerprint density at radius 3 is 2.75 bits per heavy atom. The van der Waals surface area contributed by atoms with Crippen molar-refractivity contribution >= 4 is 43.2 Å². The predicted octanol–water partition coefficient (Wildman–Crippen LogP) is 5.77. The maximum absolute atomic E-state index is 3.87. The second-order valence-corrected chi connectivity index (χ2v) is 8.88. The molecule has 2 bridgehead atoms. The van der Waals surface area contributed by atoms with Gasteiger partial charge >= 0.3 is 0 Å². The fourth-order valence-corrected chi connectivity index (χ4v) is 5.87. The molecule has 3 rings (SSSR count). The summed E-state index contributed by atoms with van der Waals surface area (Å²) in [4.78, 5) is 2.06. The summed E-state index contributed by atoms with van der Waals surface area (Å²) in [5, 5.41) is 0. The highest BCUT2D eigenvalue weighted by molar-refractivity contribution is 9.11. The monoisotopic (exact) mass is 362 g/mol. The molecule has 0 radical (unpaired) electrons. The molecule has 0 amide bonds. The van der Waals surface area contributed by atoms with E-state index in [1.54, 1.807) is 0 Å². The number of rotatable bonds is 3. The summed E-state index contributed by atoms with van der Waals surface area (Å²) in [6, 6.07) is 4.41. The molecule has 0 N–H and O–H groups in total. The van der Waals surface area contributed by atoms with Gasteiger partial charge in [-0.15, -0.1) is 11.3 Å². The van der Waals surface area contributed by atoms with Gasteiger partial charge in [0.25, 0.3) is 0 Å². The predicted molar refractivity (Wildman–Crippen MR) is 77.2 cm³/mol. The fourth-order valence-electron chi connectivity index (χ4n) is 3.54. The molecule has 3 heteroatoms. The number of fused-ring (bicyclic) bond motifs is 2. The molecular formula is C13H16Br2S. The molecule has 4 atom stereocenters. The van der Waals surface area contributed by atoms with Crippen LogP contribution in [0, 0.1) is 17.8 Å². The molecule has 0 aliphatic heterocycles. The van der Waals surface area contributed by atoms with Crippen molar-refractivity contribution in [3.05, 3.63) is 20.8 Å². The molecule has 2 saturated carbocycles. The van der Waals surface area contributed by atoms with E-state index in [-0.39, 0.29) is 0 Å². The molecule has 1 aromatic rings. The Bertz CT molecular complexity index is 374. The number of hydrogen-bond acceptors (Lipinski definition) is 1. The van der Waals surface area contributed by atoms with Gasteiger partial charge in [-0.1, -0.05) is 22.4 Å². The van der Waals surface area contributed by atoms with Gasteiger partial charge in [0.05, 0.1) is 3.79 Å². The van der Waals surface area contributed by atoms with Gasteiger partial charge in [-0.25, -0.2) is 0 Å². The van der Waals surface area contributed by atoms with E-state index in [9.17, 15) is 0 Å². The van der Waals surface area contributed by atoms with Crippen LogP contribution in [0.2, 0.25) is 0 Å². The third kappa shape index (κ3) is 2.28. The van der Waals surface area contributed by atoms with Crippen LogP contribution in [-0.2, 0) is 0 Å². The van der Waals surface area contributed by atoms with Gasteiger partial charge < -0.3 is 0 Å². The van der Waals surface area contributed by atoms with E-state index in [1.807, 2.05) is 11.3 Å². The second kappa shape index (κ2) is 4.74. The molecule has 2 fully saturated rings. The summed E-state index contributed by atoms with van der Waals surface area (Å²) in [5.41, 5.74) is 0. The van der Waals surface area contributed by atoms with Crippen LogP contribution >= 0.6 is 43.2 Å². The molecule has 2 aliphatic carbocycles. The Morgan fingerprint density at radius 2 is 2.19 bits per heavy atom. The Labute approximate surface area is 118 Å². The minimum Gasteiger partial charge on any atom is -0.132 e. The summed E-state index contributed by atoms with van der Waals surface area (Å²) >= 11 is 9.28. The van der Waals surface area contributed by atoms with Crippen molar-refractivity contribution in [2.45, 2.75) is 36.9 Å². The third-order valence-electron chi connectivity index (χ3n) is 4.30. The van der Waals surface area contributed by atoms with Crippen LogP contribution in [0.1, 0.15) is 41.8 Å². The van der Waals surface area contributed by atoms with Gasteiger partial charge in [-0.05, 0) is 71.5 Å². The van der Waals surface area contributed by atoms with Gasteiger partial charge in [-0.3, -0.25) is 0 Å². The van der Waals surface area contributed by atoms with E-state index in [1.165, 1.54) is 40.8 Å². The Balaban J connectivity index is 1.62. The van der Waals surface area contributed by atoms with Crippen LogP contribution in [0.25, 0.3) is 0 Å². The Morgan fingerprint density at radius 1 is 1.31 bits per heavy atom. The van der Waals surface area contributed by atoms with E-state index in [0.717, 1.165) is 17.8 Å². The van der Waals surface area contributed by atoms with Crippen molar-refractivity contribution in [2.75, 3.05) is 0 Å². The molecule has 0 saturated heterocycles. The lowest BCUT2D eigenvalue weighted by Gasteiger charge is -2.23. The third-order valence-corrected chi connectivity index (χ3v) is 7.20. The quantitative estimate of drug-likeness (QED) is 0.597. The largest absolute Gasteiger partial charge is 0.132 e. The minimum atomic E-state index is 0.577. The number of alkyl halides is 1. The maximum atomic E-state index is 3.87. The van der Waals surface area contributed by atoms with Gasteiger partial charge in [0, 0.05) is 9.70 Å². The summed E-state index contributed by atoms with van der Waals surface area (Å²) in [6.07, 6.45) is 7.38. The zero-order chi connectivity index (χ0) is 11.1. The van der Waals surface area contributed by atoms with Crippen LogP contribution < -0.4 is 0 Å². The van der Waals surface area contributed by atoms with Gasteiger partial charge in [-0.2, -0.15) is 0 Å². The molecule has 0 aromatic carbocycles. The van der Waals surface area contributed by atoms with Crippen molar-refractivity contribution in [3.63, 3.8) is 0 Å². The van der Waals surface area contributed by atoms with Crippen molar-refractivity contribution < 1.29 is 0 Å². The highest BCUT2D eigenvalue weighted by atomic mass is 79.9. The molecule has 0 spiro atoms. The van der Waals surface area contributed by atoms with E-state index in [4.69, 9.17) is 0 Å². The molecule has 16 heavy (non-hydrogen) atoms. The highest BCUT2D eigenvalue weighted by Crippen LogP contribution is 2.52. The van der Waals surface area contributed by atoms with Crippen LogP contribution in [0.4, 0.5) is 0 Å². The van der Waals surface area contributed by atoms with Crippen molar-refractivity contribution in [2.24, 2.45) is 17.8 Å². The first kappa shape index (κ1) is 11.7. The zero-order valence-electron chi connectivity index (χ0n) is 9.16. The second-order valence-electron chi connectivity index (χ2n) is 5.28. The lowest BCUT2D eigenvalue weighted by molar-refractivity contribution is 0.314. The number of halogens is 2. The van der Waals surface area contributed by atoms with Gasteiger partial charge in [0.2, 0.25) is 0 Å². The van der Waals surface area contributed by atoms with Gasteiger partial charge in [0.15, 0.2) is 0 Å². The molecule has 1 heterocycles. The van der Waals surface area contributed by atoms with Crippen LogP contribution in [-0.4, -0.2) is 0 Å². The van der Waals surface area contributed by atoms with Crippen LogP contribution in [0.3, 0.4) is 0 Å². The topological polar surface area (TPSA) is 0 Å². The molecule has 88 valence electrons. The number of thiophene rings is 1. The minimum absolute atomic E-state index is 0.577. The average molecular weight is 364 g/mol. The summed E-state index contributed by atoms with van der Waals surface area (Å²) < 4.78 is 1.25. The van der Waals surface area contributed by atoms with Crippen molar-refractivity contribution in [1.82, 2.24) is 0 Å². The fraction of sp³-hybridized carbons (Fsp3) is 0.692. The smallest absolute Gasteiger partial charge is 0.0701 e. The van der Waals surface area contributed by atoms with Crippen LogP contribution in [0.5, 0.6) is 0 Å². The maximum Gasteiger partial charge on any atom is 0.0701 e. The molecular weight excluding hydrogens is 348 g/mol. The Hall–Kier alpha value is 0.660. The summed E-state index contributed by atoms with van der Waals surface area (Å²) in [5.74, 6) is 3.11. The molecule has 4 unspecified atom stereocenters.